The summed E-state index contributed by atoms with van der Waals surface area (Å²) in [5.41, 5.74) is 6.89. The van der Waals surface area contributed by atoms with Crippen molar-refractivity contribution in [2.24, 2.45) is 0 Å². The highest BCUT2D eigenvalue weighted by atomic mass is 16.5. The van der Waals surface area contributed by atoms with Crippen LogP contribution in [0.25, 0.3) is 22.3 Å². The van der Waals surface area contributed by atoms with Gasteiger partial charge in [0, 0.05) is 33.4 Å². The van der Waals surface area contributed by atoms with Crippen LogP contribution in [-0.2, 0) is 19.8 Å². The van der Waals surface area contributed by atoms with Crippen molar-refractivity contribution in [1.82, 2.24) is 0 Å². The van der Waals surface area contributed by atoms with Crippen molar-refractivity contribution in [2.45, 2.75) is 40.6 Å². The largest absolute Gasteiger partial charge is 0.507 e. The van der Waals surface area contributed by atoms with Crippen LogP contribution in [0, 0.1) is 20.8 Å². The highest BCUT2D eigenvalue weighted by Gasteiger charge is 2.22. The number of hydrogen-bond donors (Lipinski definition) is 4. The Hall–Kier alpha value is -3.80. The van der Waals surface area contributed by atoms with Gasteiger partial charge in [0.25, 0.3) is 0 Å². The van der Waals surface area contributed by atoms with Gasteiger partial charge in [-0.15, -0.1) is 0 Å². The molecule has 180 valence electrons. The maximum absolute atomic E-state index is 11.0. The molecule has 4 aromatic rings. The van der Waals surface area contributed by atoms with Gasteiger partial charge >= 0.3 is 0 Å². The molecule has 4 aromatic carbocycles. The Kier molecular flexibility index (Phi) is 7.10. The first-order chi connectivity index (χ1) is 16.8. The lowest BCUT2D eigenvalue weighted by Gasteiger charge is -2.21. The van der Waals surface area contributed by atoms with Crippen molar-refractivity contribution in [3.63, 3.8) is 0 Å². The van der Waals surface area contributed by atoms with E-state index >= 15 is 0 Å². The predicted octanol–water partition coefficient (Wildman–Crippen LogP) is 5.92. The maximum Gasteiger partial charge on any atom is 0.135 e. The van der Waals surface area contributed by atoms with E-state index in [0.29, 0.717) is 39.1 Å². The lowest BCUT2D eigenvalue weighted by molar-refractivity contribution is 0.275. The van der Waals surface area contributed by atoms with Crippen molar-refractivity contribution >= 4 is 0 Å². The molecule has 0 spiro atoms. The zero-order valence-electron chi connectivity index (χ0n) is 20.2. The summed E-state index contributed by atoms with van der Waals surface area (Å²) in [5.74, 6) is 0.474. The first kappa shape index (κ1) is 24.3. The molecule has 4 N–H and O–H groups in total. The fourth-order valence-corrected chi connectivity index (χ4v) is 4.42. The summed E-state index contributed by atoms with van der Waals surface area (Å²) in [6.07, 6.45) is 0. The Bertz CT molecular complexity index is 1280. The van der Waals surface area contributed by atoms with E-state index in [9.17, 15) is 20.4 Å². The van der Waals surface area contributed by atoms with Gasteiger partial charge in [-0.05, 0) is 67.3 Å². The van der Waals surface area contributed by atoms with Gasteiger partial charge in [-0.25, -0.2) is 0 Å². The third kappa shape index (κ3) is 5.02. The number of aromatic hydroxyl groups is 2. The summed E-state index contributed by atoms with van der Waals surface area (Å²) in [6, 6.07) is 20.8. The number of hydrogen-bond acceptors (Lipinski definition) is 5. The fraction of sp³-hybridized carbons (Fsp3) is 0.200. The summed E-state index contributed by atoms with van der Waals surface area (Å²) in [5, 5.41) is 41.6. The normalized spacial score (nSPS) is 11.0. The van der Waals surface area contributed by atoms with Crippen LogP contribution in [0.2, 0.25) is 0 Å². The van der Waals surface area contributed by atoms with Gasteiger partial charge in [0.2, 0.25) is 0 Å². The first-order valence-electron chi connectivity index (χ1n) is 11.5. The van der Waals surface area contributed by atoms with Crippen molar-refractivity contribution in [1.29, 1.82) is 0 Å². The molecular weight excluding hydrogens is 440 g/mol. The molecule has 4 rings (SSSR count). The molecule has 5 heteroatoms. The molecular formula is C30H30O5. The van der Waals surface area contributed by atoms with E-state index in [-0.39, 0.29) is 31.3 Å². The Balaban J connectivity index is 2.00. The molecule has 0 bridgehead atoms. The van der Waals surface area contributed by atoms with Crippen LogP contribution in [0.4, 0.5) is 0 Å². The van der Waals surface area contributed by atoms with Gasteiger partial charge in [-0.3, -0.25) is 0 Å². The molecule has 0 aliphatic heterocycles. The monoisotopic (exact) mass is 470 g/mol. The lowest BCUT2D eigenvalue weighted by Crippen LogP contribution is -2.01. The molecule has 0 heterocycles. The van der Waals surface area contributed by atoms with E-state index in [1.165, 1.54) is 0 Å². The van der Waals surface area contributed by atoms with Crippen LogP contribution in [0.15, 0.2) is 66.7 Å². The maximum atomic E-state index is 11.0. The molecule has 0 aliphatic carbocycles. The molecule has 0 atom stereocenters. The molecule has 0 aliphatic rings. The zero-order valence-corrected chi connectivity index (χ0v) is 20.2. The Morgan fingerprint density at radius 3 is 1.49 bits per heavy atom. The fourth-order valence-electron chi connectivity index (χ4n) is 4.42. The second-order valence-electron chi connectivity index (χ2n) is 8.92. The van der Waals surface area contributed by atoms with E-state index in [4.69, 9.17) is 4.74 Å². The van der Waals surface area contributed by atoms with E-state index in [0.717, 1.165) is 22.3 Å². The van der Waals surface area contributed by atoms with E-state index in [1.54, 1.807) is 12.1 Å². The summed E-state index contributed by atoms with van der Waals surface area (Å²) >= 11 is 0. The highest BCUT2D eigenvalue weighted by molar-refractivity contribution is 5.88. The average Bonchev–Trinajstić information content (AvgIpc) is 2.85. The third-order valence-corrected chi connectivity index (χ3v) is 6.05. The number of rotatable bonds is 7. The molecule has 0 saturated carbocycles. The van der Waals surface area contributed by atoms with Crippen LogP contribution < -0.4 is 4.74 Å². The van der Waals surface area contributed by atoms with Gasteiger partial charge in [0.05, 0.1) is 13.2 Å². The first-order valence-corrected chi connectivity index (χ1v) is 11.5. The summed E-state index contributed by atoms with van der Waals surface area (Å²) in [4.78, 5) is 0. The summed E-state index contributed by atoms with van der Waals surface area (Å²) in [7, 11) is 0. The van der Waals surface area contributed by atoms with Crippen molar-refractivity contribution in [2.75, 3.05) is 0 Å². The molecule has 0 amide bonds. The molecule has 0 unspecified atom stereocenters. The Labute approximate surface area is 205 Å². The predicted molar refractivity (Wildman–Crippen MR) is 137 cm³/mol. The van der Waals surface area contributed by atoms with Crippen molar-refractivity contribution in [3.05, 3.63) is 100 Å². The van der Waals surface area contributed by atoms with Gasteiger partial charge in [0.15, 0.2) is 0 Å². The minimum absolute atomic E-state index is 0.0104. The minimum Gasteiger partial charge on any atom is -0.507 e. The van der Waals surface area contributed by atoms with Crippen LogP contribution >= 0.6 is 0 Å². The molecule has 5 nitrogen and oxygen atoms in total. The molecule has 0 aromatic heterocycles. The second kappa shape index (κ2) is 10.2. The topological polar surface area (TPSA) is 90.2 Å². The van der Waals surface area contributed by atoms with E-state index < -0.39 is 0 Å². The third-order valence-electron chi connectivity index (χ3n) is 6.05. The standard InChI is InChI=1S/C30H30O5/c1-18-9-22(15-31)28(33)24(11-18)26-13-20(3)14-27(25-12-19(2)10-23(16-32)29(25)34)30(26)35-17-21-7-5-4-6-8-21/h4-14,31-34H,15-17H2,1-3H3. The smallest absolute Gasteiger partial charge is 0.135 e. The lowest BCUT2D eigenvalue weighted by atomic mass is 9.90. The van der Waals surface area contributed by atoms with Gasteiger partial charge in [-0.1, -0.05) is 42.5 Å². The quantitative estimate of drug-likeness (QED) is 0.269. The van der Waals surface area contributed by atoms with Crippen LogP contribution in [-0.4, -0.2) is 20.4 Å². The zero-order chi connectivity index (χ0) is 25.1. The molecule has 0 radical (unpaired) electrons. The summed E-state index contributed by atoms with van der Waals surface area (Å²) in [6.45, 7) is 5.44. The molecule has 35 heavy (non-hydrogen) atoms. The number of ether oxygens (including phenoxy) is 1. The van der Waals surface area contributed by atoms with Gasteiger partial charge in [0.1, 0.15) is 23.9 Å². The van der Waals surface area contributed by atoms with Gasteiger partial charge < -0.3 is 25.2 Å². The number of aliphatic hydroxyl groups is 2. The highest BCUT2D eigenvalue weighted by Crippen LogP contribution is 2.47. The Morgan fingerprint density at radius 1 is 0.600 bits per heavy atom. The molecule has 0 saturated heterocycles. The second-order valence-corrected chi connectivity index (χ2v) is 8.92. The number of aliphatic hydroxyl groups excluding tert-OH is 2. The van der Waals surface area contributed by atoms with E-state index in [2.05, 4.69) is 0 Å². The van der Waals surface area contributed by atoms with Crippen LogP contribution in [0.5, 0.6) is 17.2 Å². The number of phenols is 2. The average molecular weight is 471 g/mol. The van der Waals surface area contributed by atoms with Crippen LogP contribution in [0.3, 0.4) is 0 Å². The van der Waals surface area contributed by atoms with Crippen LogP contribution in [0.1, 0.15) is 33.4 Å². The summed E-state index contributed by atoms with van der Waals surface area (Å²) < 4.78 is 6.41. The minimum atomic E-state index is -0.294. The molecule has 0 fully saturated rings. The van der Waals surface area contributed by atoms with Crippen molar-refractivity contribution in [3.8, 4) is 39.5 Å². The Morgan fingerprint density at radius 2 is 1.03 bits per heavy atom. The number of benzene rings is 4. The van der Waals surface area contributed by atoms with Gasteiger partial charge in [-0.2, -0.15) is 0 Å². The SMILES string of the molecule is Cc1cc(CO)c(O)c(-c2cc(C)cc(-c3cc(C)cc(CO)c3O)c2OCc2ccccc2)c1. The van der Waals surface area contributed by atoms with E-state index in [1.807, 2.05) is 75.4 Å². The van der Waals surface area contributed by atoms with Crippen molar-refractivity contribution < 1.29 is 25.2 Å². The number of aryl methyl sites for hydroxylation is 3.